The molecule has 0 radical (unpaired) electrons. The Morgan fingerprint density at radius 1 is 1.06 bits per heavy atom. The van der Waals surface area contributed by atoms with Crippen LogP contribution >= 0.6 is 0 Å². The molecule has 3 fully saturated rings. The number of ether oxygens (including phenoxy) is 1. The van der Waals surface area contributed by atoms with E-state index in [1.807, 2.05) is 34.1 Å². The van der Waals surface area contributed by atoms with Gasteiger partial charge in [0.15, 0.2) is 0 Å². The number of amides is 1. The van der Waals surface area contributed by atoms with E-state index in [0.717, 1.165) is 44.0 Å². The highest BCUT2D eigenvalue weighted by molar-refractivity contribution is 5.94. The molecule has 2 atom stereocenters. The number of likely N-dealkylation sites (tertiary alicyclic amines) is 1. The van der Waals surface area contributed by atoms with E-state index >= 15 is 0 Å². The molecule has 1 amide bonds. The molecular formula is C27H34FN3O2. The average Bonchev–Trinajstić information content (AvgIpc) is 3.25. The molecule has 2 aromatic rings. The predicted molar refractivity (Wildman–Crippen MR) is 129 cm³/mol. The second-order valence-electron chi connectivity index (χ2n) is 10.7. The summed E-state index contributed by atoms with van der Waals surface area (Å²) in [5, 5.41) is 3.42. The van der Waals surface area contributed by atoms with Crippen molar-refractivity contribution in [2.45, 2.75) is 26.2 Å². The number of halogens is 1. The predicted octanol–water partition coefficient (Wildman–Crippen LogP) is 4.39. The lowest BCUT2D eigenvalue weighted by Gasteiger charge is -2.29. The smallest absolute Gasteiger partial charge is 0.253 e. The topological polar surface area (TPSA) is 44.8 Å². The molecule has 1 N–H and O–H groups in total. The van der Waals surface area contributed by atoms with E-state index in [0.29, 0.717) is 36.7 Å². The standard InChI is InChI=1S/C27H34FN3O2/c1-27(2,3)19-6-4-18(5-7-19)26(32)31-16-22-21(23(22)17-31)15-29-20-8-9-25(24(28)14-20)30-10-12-33-13-11-30/h4-9,14,21-23,29H,10-13,15-17H2,1-3H3. The Kier molecular flexibility index (Phi) is 5.81. The van der Waals surface area contributed by atoms with Crippen LogP contribution < -0.4 is 10.2 Å². The first kappa shape index (κ1) is 22.2. The number of nitrogens with one attached hydrogen (secondary N) is 1. The quantitative estimate of drug-likeness (QED) is 0.732. The van der Waals surface area contributed by atoms with Gasteiger partial charge in [-0.2, -0.15) is 0 Å². The van der Waals surface area contributed by atoms with Crippen LogP contribution in [0.5, 0.6) is 0 Å². The Morgan fingerprint density at radius 3 is 2.33 bits per heavy atom. The van der Waals surface area contributed by atoms with Crippen molar-refractivity contribution >= 4 is 17.3 Å². The van der Waals surface area contributed by atoms with E-state index in [2.05, 4.69) is 38.2 Å². The zero-order valence-corrected chi connectivity index (χ0v) is 19.8. The zero-order chi connectivity index (χ0) is 23.2. The summed E-state index contributed by atoms with van der Waals surface area (Å²) in [4.78, 5) is 16.9. The maximum atomic E-state index is 14.6. The molecule has 1 aliphatic carbocycles. The number of anilines is 2. The number of rotatable bonds is 5. The number of hydrogen-bond acceptors (Lipinski definition) is 4. The van der Waals surface area contributed by atoms with E-state index in [1.54, 1.807) is 6.07 Å². The van der Waals surface area contributed by atoms with Crippen molar-refractivity contribution in [3.05, 3.63) is 59.4 Å². The second kappa shape index (κ2) is 8.64. The second-order valence-corrected chi connectivity index (χ2v) is 10.7. The summed E-state index contributed by atoms with van der Waals surface area (Å²) >= 11 is 0. The third-order valence-corrected chi connectivity index (χ3v) is 7.50. The average molecular weight is 452 g/mol. The Labute approximate surface area is 195 Å². The van der Waals surface area contributed by atoms with Crippen LogP contribution in [0, 0.1) is 23.6 Å². The number of hydrogen-bond donors (Lipinski definition) is 1. The molecule has 0 bridgehead atoms. The summed E-state index contributed by atoms with van der Waals surface area (Å²) in [7, 11) is 0. The van der Waals surface area contributed by atoms with Crippen molar-refractivity contribution < 1.29 is 13.9 Å². The number of piperidine rings is 1. The number of carbonyl (C=O) groups is 1. The van der Waals surface area contributed by atoms with Gasteiger partial charge in [0.25, 0.3) is 5.91 Å². The van der Waals surface area contributed by atoms with Gasteiger partial charge in [0.1, 0.15) is 5.82 Å². The fourth-order valence-corrected chi connectivity index (χ4v) is 5.33. The highest BCUT2D eigenvalue weighted by Crippen LogP contribution is 2.51. The Morgan fingerprint density at radius 2 is 1.73 bits per heavy atom. The number of morpholine rings is 1. The molecule has 6 heteroatoms. The van der Waals surface area contributed by atoms with Gasteiger partial charge in [-0.1, -0.05) is 32.9 Å². The maximum absolute atomic E-state index is 14.6. The Hall–Kier alpha value is -2.60. The molecule has 2 aliphatic heterocycles. The molecule has 0 spiro atoms. The van der Waals surface area contributed by atoms with Gasteiger partial charge in [0.2, 0.25) is 0 Å². The highest BCUT2D eigenvalue weighted by Gasteiger charge is 2.56. The van der Waals surface area contributed by atoms with E-state index in [-0.39, 0.29) is 17.1 Å². The molecule has 33 heavy (non-hydrogen) atoms. The van der Waals surface area contributed by atoms with Gasteiger partial charge in [-0.25, -0.2) is 4.39 Å². The van der Waals surface area contributed by atoms with E-state index in [1.165, 1.54) is 5.56 Å². The third-order valence-electron chi connectivity index (χ3n) is 7.50. The summed E-state index contributed by atoms with van der Waals surface area (Å²) in [5.41, 5.74) is 3.57. The highest BCUT2D eigenvalue weighted by atomic mass is 19.1. The van der Waals surface area contributed by atoms with Gasteiger partial charge in [0.05, 0.1) is 18.9 Å². The van der Waals surface area contributed by atoms with Crippen LogP contribution in [0.2, 0.25) is 0 Å². The van der Waals surface area contributed by atoms with Crippen LogP contribution in [0.1, 0.15) is 36.7 Å². The van der Waals surface area contributed by atoms with Crippen LogP contribution in [0.25, 0.3) is 0 Å². The first-order chi connectivity index (χ1) is 15.8. The fraction of sp³-hybridized carbons (Fsp3) is 0.519. The van der Waals surface area contributed by atoms with Gasteiger partial charge < -0.3 is 19.9 Å². The number of carbonyl (C=O) groups excluding carboxylic acids is 1. The first-order valence-corrected chi connectivity index (χ1v) is 12.1. The van der Waals surface area contributed by atoms with Gasteiger partial charge >= 0.3 is 0 Å². The van der Waals surface area contributed by atoms with Crippen molar-refractivity contribution in [2.24, 2.45) is 17.8 Å². The summed E-state index contributed by atoms with van der Waals surface area (Å²) in [6.45, 7) is 11.8. The van der Waals surface area contributed by atoms with Crippen LogP contribution in [0.15, 0.2) is 42.5 Å². The summed E-state index contributed by atoms with van der Waals surface area (Å²) in [6, 6.07) is 13.5. The molecular weight excluding hydrogens is 417 g/mol. The lowest BCUT2D eigenvalue weighted by Crippen LogP contribution is -2.36. The lowest BCUT2D eigenvalue weighted by molar-refractivity contribution is 0.0768. The molecule has 2 unspecified atom stereocenters. The Balaban J connectivity index is 1.11. The van der Waals surface area contributed by atoms with Crippen molar-refractivity contribution in [3.8, 4) is 0 Å². The fourth-order valence-electron chi connectivity index (χ4n) is 5.33. The number of benzene rings is 2. The Bertz CT molecular complexity index is 999. The minimum atomic E-state index is -0.188. The molecule has 5 nitrogen and oxygen atoms in total. The van der Waals surface area contributed by atoms with E-state index < -0.39 is 0 Å². The maximum Gasteiger partial charge on any atom is 0.253 e. The molecule has 5 rings (SSSR count). The van der Waals surface area contributed by atoms with Crippen LogP contribution in [-0.2, 0) is 10.2 Å². The molecule has 0 aromatic heterocycles. The summed E-state index contributed by atoms with van der Waals surface area (Å²) in [5.74, 6) is 1.60. The number of fused-ring (bicyclic) bond motifs is 1. The van der Waals surface area contributed by atoms with Gasteiger partial charge in [-0.3, -0.25) is 4.79 Å². The zero-order valence-electron chi connectivity index (χ0n) is 19.8. The van der Waals surface area contributed by atoms with Crippen LogP contribution in [0.3, 0.4) is 0 Å². The normalized spacial score (nSPS) is 24.5. The lowest BCUT2D eigenvalue weighted by atomic mass is 9.86. The van der Waals surface area contributed by atoms with E-state index in [9.17, 15) is 9.18 Å². The molecule has 2 saturated heterocycles. The molecule has 3 aliphatic rings. The molecule has 176 valence electrons. The SMILES string of the molecule is CC(C)(C)c1ccc(C(=O)N2CC3C(CNc4ccc(N5CCOCC5)c(F)c4)C3C2)cc1. The van der Waals surface area contributed by atoms with Crippen molar-refractivity contribution in [3.63, 3.8) is 0 Å². The molecule has 2 heterocycles. The summed E-state index contributed by atoms with van der Waals surface area (Å²) < 4.78 is 20.0. The van der Waals surface area contributed by atoms with Crippen molar-refractivity contribution in [1.82, 2.24) is 4.90 Å². The first-order valence-electron chi connectivity index (χ1n) is 12.1. The van der Waals surface area contributed by atoms with Gasteiger partial charge in [-0.15, -0.1) is 0 Å². The molecule has 1 saturated carbocycles. The molecule has 2 aromatic carbocycles. The van der Waals surface area contributed by atoms with E-state index in [4.69, 9.17) is 4.74 Å². The number of nitrogens with zero attached hydrogens (tertiary/aromatic N) is 2. The summed E-state index contributed by atoms with van der Waals surface area (Å²) in [6.07, 6.45) is 0. The minimum Gasteiger partial charge on any atom is -0.385 e. The van der Waals surface area contributed by atoms with Crippen molar-refractivity contribution in [2.75, 3.05) is 56.2 Å². The minimum absolute atomic E-state index is 0.0861. The van der Waals surface area contributed by atoms with Crippen molar-refractivity contribution in [1.29, 1.82) is 0 Å². The third kappa shape index (κ3) is 4.58. The van der Waals surface area contributed by atoms with Gasteiger partial charge in [-0.05, 0) is 59.1 Å². The monoisotopic (exact) mass is 451 g/mol. The van der Waals surface area contributed by atoms with Crippen LogP contribution in [-0.4, -0.2) is 56.7 Å². The largest absolute Gasteiger partial charge is 0.385 e. The van der Waals surface area contributed by atoms with Crippen LogP contribution in [0.4, 0.5) is 15.8 Å². The van der Waals surface area contributed by atoms with Gasteiger partial charge in [0, 0.05) is 44.0 Å².